The molecule has 2 aromatic carbocycles. The fraction of sp³-hybridized carbons (Fsp3) is 0.143. The summed E-state index contributed by atoms with van der Waals surface area (Å²) in [5, 5.41) is -0.139. The lowest BCUT2D eigenvalue weighted by molar-refractivity contribution is -0.137. The molecular weight excluding hydrogens is 390 g/mol. The third-order valence-electron chi connectivity index (χ3n) is 2.95. The molecule has 130 valence electrons. The Morgan fingerprint density at radius 3 is 2.33 bits per heavy atom. The lowest BCUT2D eigenvalue weighted by Gasteiger charge is -2.14. The Bertz CT molecular complexity index is 870. The number of halogens is 5. The van der Waals surface area contributed by atoms with Crippen molar-refractivity contribution in [2.24, 2.45) is 0 Å². The summed E-state index contributed by atoms with van der Waals surface area (Å²) >= 11 is 11.6. The molecule has 0 amide bonds. The standard InChI is InChI=1S/C14H10Cl2F3NO3S/c1-23-12-5-3-9(15)7-11(12)20-24(21,22)13-6-8(14(17,18)19)2-4-10(13)16/h2-7,20H,1H3. The van der Waals surface area contributed by atoms with E-state index in [0.717, 1.165) is 6.07 Å². The molecule has 2 aromatic rings. The summed E-state index contributed by atoms with van der Waals surface area (Å²) < 4.78 is 70.3. The van der Waals surface area contributed by atoms with Crippen LogP contribution in [0.3, 0.4) is 0 Å². The van der Waals surface area contributed by atoms with E-state index >= 15 is 0 Å². The molecule has 0 unspecified atom stereocenters. The number of hydrogen-bond donors (Lipinski definition) is 1. The molecule has 0 bridgehead atoms. The van der Waals surface area contributed by atoms with Gasteiger partial charge < -0.3 is 4.74 Å². The average molecular weight is 400 g/mol. The largest absolute Gasteiger partial charge is 0.495 e. The molecular formula is C14H10Cl2F3NO3S. The normalized spacial score (nSPS) is 12.1. The first-order valence-corrected chi connectivity index (χ1v) is 8.51. The van der Waals surface area contributed by atoms with E-state index < -0.39 is 26.7 Å². The zero-order valence-electron chi connectivity index (χ0n) is 12.0. The number of rotatable bonds is 4. The molecule has 0 aromatic heterocycles. The predicted molar refractivity (Wildman–Crippen MR) is 85.3 cm³/mol. The molecule has 0 atom stereocenters. The van der Waals surface area contributed by atoms with Crippen molar-refractivity contribution in [2.45, 2.75) is 11.1 Å². The average Bonchev–Trinajstić information content (AvgIpc) is 2.46. The minimum Gasteiger partial charge on any atom is -0.495 e. The minimum atomic E-state index is -4.71. The van der Waals surface area contributed by atoms with Gasteiger partial charge in [0.05, 0.1) is 23.4 Å². The zero-order valence-corrected chi connectivity index (χ0v) is 14.3. The highest BCUT2D eigenvalue weighted by Gasteiger charge is 2.33. The van der Waals surface area contributed by atoms with Gasteiger partial charge >= 0.3 is 6.18 Å². The van der Waals surface area contributed by atoms with Gasteiger partial charge in [0, 0.05) is 5.02 Å². The number of alkyl halides is 3. The number of nitrogens with one attached hydrogen (secondary N) is 1. The van der Waals surface area contributed by atoms with Crippen LogP contribution in [-0.2, 0) is 16.2 Å². The first-order chi connectivity index (χ1) is 11.0. The molecule has 4 nitrogen and oxygen atoms in total. The van der Waals surface area contributed by atoms with Gasteiger partial charge in [0.1, 0.15) is 10.6 Å². The molecule has 0 saturated carbocycles. The van der Waals surface area contributed by atoms with E-state index in [9.17, 15) is 21.6 Å². The predicted octanol–water partition coefficient (Wildman–Crippen LogP) is 4.82. The van der Waals surface area contributed by atoms with Crippen molar-refractivity contribution in [3.05, 3.63) is 52.0 Å². The Hall–Kier alpha value is -1.64. The van der Waals surface area contributed by atoms with Crippen molar-refractivity contribution < 1.29 is 26.3 Å². The SMILES string of the molecule is COc1ccc(Cl)cc1NS(=O)(=O)c1cc(C(F)(F)F)ccc1Cl. The van der Waals surface area contributed by atoms with Gasteiger partial charge in [-0.25, -0.2) is 8.42 Å². The summed E-state index contributed by atoms with van der Waals surface area (Å²) in [7, 11) is -3.09. The lowest BCUT2D eigenvalue weighted by atomic mass is 10.2. The van der Waals surface area contributed by atoms with Gasteiger partial charge in [0.2, 0.25) is 0 Å². The van der Waals surface area contributed by atoms with E-state index in [4.69, 9.17) is 27.9 Å². The Labute approximate surface area is 146 Å². The van der Waals surface area contributed by atoms with Crippen LogP contribution in [-0.4, -0.2) is 15.5 Å². The number of anilines is 1. The third kappa shape index (κ3) is 4.06. The molecule has 0 aliphatic heterocycles. The van der Waals surface area contributed by atoms with Gasteiger partial charge in [-0.3, -0.25) is 4.72 Å². The molecule has 0 aliphatic rings. The first kappa shape index (κ1) is 18.7. The van der Waals surface area contributed by atoms with Crippen LogP contribution in [0.5, 0.6) is 5.75 Å². The van der Waals surface area contributed by atoms with E-state index in [1.165, 1.54) is 25.3 Å². The zero-order chi connectivity index (χ0) is 18.1. The first-order valence-electron chi connectivity index (χ1n) is 6.27. The Kier molecular flexibility index (Phi) is 5.22. The molecule has 10 heteroatoms. The Morgan fingerprint density at radius 1 is 1.08 bits per heavy atom. The van der Waals surface area contributed by atoms with Crippen LogP contribution in [0.2, 0.25) is 10.0 Å². The van der Waals surface area contributed by atoms with Crippen LogP contribution < -0.4 is 9.46 Å². The highest BCUT2D eigenvalue weighted by molar-refractivity contribution is 7.92. The van der Waals surface area contributed by atoms with Crippen molar-refractivity contribution >= 4 is 38.9 Å². The number of benzene rings is 2. The second kappa shape index (κ2) is 6.70. The Morgan fingerprint density at radius 2 is 1.75 bits per heavy atom. The summed E-state index contributed by atoms with van der Waals surface area (Å²) in [5.74, 6) is 0.145. The molecule has 0 radical (unpaired) electrons. The lowest BCUT2D eigenvalue weighted by Crippen LogP contribution is -2.16. The minimum absolute atomic E-state index is 0.0292. The monoisotopic (exact) mass is 399 g/mol. The summed E-state index contributed by atoms with van der Waals surface area (Å²) in [6, 6.07) is 6.17. The third-order valence-corrected chi connectivity index (χ3v) is 5.04. The van der Waals surface area contributed by atoms with E-state index in [0.29, 0.717) is 12.1 Å². The smallest absolute Gasteiger partial charge is 0.416 e. The van der Waals surface area contributed by atoms with E-state index in [2.05, 4.69) is 4.72 Å². The number of hydrogen-bond acceptors (Lipinski definition) is 3. The molecule has 0 heterocycles. The van der Waals surface area contributed by atoms with Gasteiger partial charge in [-0.1, -0.05) is 23.2 Å². The van der Waals surface area contributed by atoms with Gasteiger partial charge in [0.25, 0.3) is 10.0 Å². The van der Waals surface area contributed by atoms with Crippen molar-refractivity contribution in [3.63, 3.8) is 0 Å². The number of ether oxygens (including phenoxy) is 1. The van der Waals surface area contributed by atoms with Crippen LogP contribution in [0, 0.1) is 0 Å². The molecule has 0 saturated heterocycles. The summed E-state index contributed by atoms with van der Waals surface area (Å²) in [6.07, 6.45) is -4.71. The summed E-state index contributed by atoms with van der Waals surface area (Å²) in [6.45, 7) is 0. The molecule has 0 aliphatic carbocycles. The topological polar surface area (TPSA) is 55.4 Å². The van der Waals surface area contributed by atoms with Crippen molar-refractivity contribution in [1.29, 1.82) is 0 Å². The van der Waals surface area contributed by atoms with Crippen LogP contribution in [0.1, 0.15) is 5.56 Å². The van der Waals surface area contributed by atoms with E-state index in [-0.39, 0.29) is 21.5 Å². The highest BCUT2D eigenvalue weighted by atomic mass is 35.5. The van der Waals surface area contributed by atoms with Crippen molar-refractivity contribution in [2.75, 3.05) is 11.8 Å². The van der Waals surface area contributed by atoms with Crippen LogP contribution in [0.15, 0.2) is 41.3 Å². The summed E-state index contributed by atoms with van der Waals surface area (Å²) in [4.78, 5) is -0.707. The van der Waals surface area contributed by atoms with Crippen molar-refractivity contribution in [3.8, 4) is 5.75 Å². The Balaban J connectivity index is 2.50. The fourth-order valence-corrected chi connectivity index (χ4v) is 3.61. The van der Waals surface area contributed by atoms with Crippen molar-refractivity contribution in [1.82, 2.24) is 0 Å². The van der Waals surface area contributed by atoms with Crippen LogP contribution in [0.4, 0.5) is 18.9 Å². The quantitative estimate of drug-likeness (QED) is 0.801. The van der Waals surface area contributed by atoms with Gasteiger partial charge in [0.15, 0.2) is 0 Å². The van der Waals surface area contributed by atoms with Crippen LogP contribution >= 0.6 is 23.2 Å². The van der Waals surface area contributed by atoms with E-state index in [1.54, 1.807) is 0 Å². The highest BCUT2D eigenvalue weighted by Crippen LogP contribution is 2.35. The maximum atomic E-state index is 12.8. The molecule has 2 rings (SSSR count). The maximum absolute atomic E-state index is 12.8. The van der Waals surface area contributed by atoms with Crippen LogP contribution in [0.25, 0.3) is 0 Å². The number of sulfonamides is 1. The van der Waals surface area contributed by atoms with E-state index in [1.807, 2.05) is 0 Å². The molecule has 0 fully saturated rings. The molecule has 1 N–H and O–H groups in total. The maximum Gasteiger partial charge on any atom is 0.416 e. The van der Waals surface area contributed by atoms with Gasteiger partial charge in [-0.05, 0) is 36.4 Å². The van der Waals surface area contributed by atoms with Gasteiger partial charge in [-0.2, -0.15) is 13.2 Å². The fourth-order valence-electron chi connectivity index (χ4n) is 1.85. The number of methoxy groups -OCH3 is 1. The van der Waals surface area contributed by atoms with Gasteiger partial charge in [-0.15, -0.1) is 0 Å². The molecule has 24 heavy (non-hydrogen) atoms. The second-order valence-corrected chi connectivity index (χ2v) is 7.09. The molecule has 0 spiro atoms. The summed E-state index contributed by atoms with van der Waals surface area (Å²) in [5.41, 5.74) is -1.16. The second-order valence-electron chi connectivity index (χ2n) is 4.59.